The van der Waals surface area contributed by atoms with Crippen molar-refractivity contribution in [2.24, 2.45) is 0 Å². The number of carbonyl (C=O) groups is 1. The Kier molecular flexibility index (Phi) is 2.57. The first kappa shape index (κ1) is 10.3. The van der Waals surface area contributed by atoms with Gasteiger partial charge in [-0.1, -0.05) is 11.6 Å². The summed E-state index contributed by atoms with van der Waals surface area (Å²) in [5, 5.41) is 0.577. The van der Waals surface area contributed by atoms with E-state index in [1.165, 1.54) is 14.0 Å². The van der Waals surface area contributed by atoms with Crippen molar-refractivity contribution in [3.05, 3.63) is 22.2 Å². The molecule has 0 aromatic heterocycles. The molecular weight excluding hydrogens is 216 g/mol. The zero-order valence-corrected chi connectivity index (χ0v) is 9.35. The first-order valence-corrected chi connectivity index (χ1v) is 5.06. The number of ketones is 1. The highest BCUT2D eigenvalue weighted by Gasteiger charge is 2.25. The molecule has 0 saturated carbocycles. The highest BCUT2D eigenvalue weighted by molar-refractivity contribution is 6.32. The molecule has 0 N–H and O–H groups in total. The third-order valence-electron chi connectivity index (χ3n) is 2.47. The highest BCUT2D eigenvalue weighted by Crippen LogP contribution is 2.42. The van der Waals surface area contributed by atoms with Gasteiger partial charge in [-0.05, 0) is 13.0 Å². The highest BCUT2D eigenvalue weighted by atomic mass is 35.5. The van der Waals surface area contributed by atoms with Gasteiger partial charge in [0.1, 0.15) is 0 Å². The van der Waals surface area contributed by atoms with E-state index in [1.54, 1.807) is 6.07 Å². The standard InChI is InChI=1S/C11H11ClO3/c1-6(13)8-5-9(12)7-3-4-15-11(7)10(8)14-2/h5H,3-4H2,1-2H3. The van der Waals surface area contributed by atoms with Crippen LogP contribution in [0.1, 0.15) is 22.8 Å². The SMILES string of the molecule is COc1c(C(C)=O)cc(Cl)c2c1OCC2. The molecular formula is C11H11ClO3. The smallest absolute Gasteiger partial charge is 0.171 e. The molecule has 0 fully saturated rings. The van der Waals surface area contributed by atoms with Crippen LogP contribution in [-0.4, -0.2) is 19.5 Å². The van der Waals surface area contributed by atoms with Crippen LogP contribution in [0.25, 0.3) is 0 Å². The van der Waals surface area contributed by atoms with Gasteiger partial charge in [0.25, 0.3) is 0 Å². The van der Waals surface area contributed by atoms with Crippen molar-refractivity contribution in [1.82, 2.24) is 0 Å². The first-order chi connectivity index (χ1) is 7.15. The lowest BCUT2D eigenvalue weighted by Gasteiger charge is -2.11. The van der Waals surface area contributed by atoms with Crippen molar-refractivity contribution in [2.75, 3.05) is 13.7 Å². The second-order valence-electron chi connectivity index (χ2n) is 3.40. The molecule has 0 aliphatic carbocycles. The van der Waals surface area contributed by atoms with E-state index in [9.17, 15) is 4.79 Å². The molecule has 3 nitrogen and oxygen atoms in total. The Morgan fingerprint density at radius 3 is 2.93 bits per heavy atom. The predicted molar refractivity (Wildman–Crippen MR) is 57.2 cm³/mol. The van der Waals surface area contributed by atoms with Crippen LogP contribution in [0.15, 0.2) is 6.07 Å². The van der Waals surface area contributed by atoms with E-state index in [-0.39, 0.29) is 5.78 Å². The number of ether oxygens (including phenoxy) is 2. The Labute approximate surface area is 92.9 Å². The predicted octanol–water partition coefficient (Wildman–Crippen LogP) is 2.49. The molecule has 80 valence electrons. The summed E-state index contributed by atoms with van der Waals surface area (Å²) in [6, 6.07) is 1.65. The number of methoxy groups -OCH3 is 1. The van der Waals surface area contributed by atoms with E-state index in [2.05, 4.69) is 0 Å². The van der Waals surface area contributed by atoms with Gasteiger partial charge in [0.2, 0.25) is 0 Å². The van der Waals surface area contributed by atoms with E-state index in [0.29, 0.717) is 28.7 Å². The topological polar surface area (TPSA) is 35.5 Å². The number of rotatable bonds is 2. The third-order valence-corrected chi connectivity index (χ3v) is 2.80. The van der Waals surface area contributed by atoms with E-state index in [1.807, 2.05) is 0 Å². The maximum atomic E-state index is 11.4. The summed E-state index contributed by atoms with van der Waals surface area (Å²) in [7, 11) is 1.53. The van der Waals surface area contributed by atoms with Crippen LogP contribution in [0.2, 0.25) is 5.02 Å². The van der Waals surface area contributed by atoms with Crippen LogP contribution in [0.4, 0.5) is 0 Å². The lowest BCUT2D eigenvalue weighted by atomic mass is 10.1. The fourth-order valence-electron chi connectivity index (χ4n) is 1.75. The molecule has 1 aromatic rings. The van der Waals surface area contributed by atoms with Gasteiger partial charge in [0, 0.05) is 17.0 Å². The summed E-state index contributed by atoms with van der Waals surface area (Å²) in [6.45, 7) is 2.07. The largest absolute Gasteiger partial charge is 0.492 e. The zero-order chi connectivity index (χ0) is 11.0. The van der Waals surface area contributed by atoms with Crippen molar-refractivity contribution >= 4 is 17.4 Å². The second-order valence-corrected chi connectivity index (χ2v) is 3.81. The van der Waals surface area contributed by atoms with Crippen LogP contribution in [0.3, 0.4) is 0 Å². The van der Waals surface area contributed by atoms with E-state index < -0.39 is 0 Å². The van der Waals surface area contributed by atoms with Gasteiger partial charge in [0.05, 0.1) is 19.3 Å². The quantitative estimate of drug-likeness (QED) is 0.727. The Morgan fingerprint density at radius 2 is 2.33 bits per heavy atom. The van der Waals surface area contributed by atoms with Gasteiger partial charge in [-0.3, -0.25) is 4.79 Å². The van der Waals surface area contributed by atoms with Crippen molar-refractivity contribution in [3.63, 3.8) is 0 Å². The molecule has 0 unspecified atom stereocenters. The molecule has 0 saturated heterocycles. The van der Waals surface area contributed by atoms with Gasteiger partial charge in [-0.15, -0.1) is 0 Å². The van der Waals surface area contributed by atoms with Crippen LogP contribution >= 0.6 is 11.6 Å². The van der Waals surface area contributed by atoms with Crippen LogP contribution in [0, 0.1) is 0 Å². The molecule has 0 spiro atoms. The number of hydrogen-bond acceptors (Lipinski definition) is 3. The summed E-state index contributed by atoms with van der Waals surface area (Å²) >= 11 is 6.06. The van der Waals surface area contributed by atoms with Crippen molar-refractivity contribution in [1.29, 1.82) is 0 Å². The summed E-state index contributed by atoms with van der Waals surface area (Å²) in [6.07, 6.45) is 0.767. The Morgan fingerprint density at radius 1 is 1.60 bits per heavy atom. The van der Waals surface area contributed by atoms with E-state index in [4.69, 9.17) is 21.1 Å². The van der Waals surface area contributed by atoms with Gasteiger partial charge >= 0.3 is 0 Å². The monoisotopic (exact) mass is 226 g/mol. The molecule has 2 rings (SSSR count). The van der Waals surface area contributed by atoms with Gasteiger partial charge in [-0.25, -0.2) is 0 Å². The summed E-state index contributed by atoms with van der Waals surface area (Å²) in [5.74, 6) is 1.04. The third kappa shape index (κ3) is 1.57. The average Bonchev–Trinajstić information content (AvgIpc) is 2.66. The minimum Gasteiger partial charge on any atom is -0.492 e. The average molecular weight is 227 g/mol. The number of benzene rings is 1. The maximum absolute atomic E-state index is 11.4. The van der Waals surface area contributed by atoms with Gasteiger partial charge < -0.3 is 9.47 Å². The van der Waals surface area contributed by atoms with Crippen molar-refractivity contribution in [2.45, 2.75) is 13.3 Å². The molecule has 4 heteroatoms. The Bertz CT molecular complexity index is 426. The van der Waals surface area contributed by atoms with Crippen molar-refractivity contribution < 1.29 is 14.3 Å². The van der Waals surface area contributed by atoms with Crippen LogP contribution < -0.4 is 9.47 Å². The van der Waals surface area contributed by atoms with E-state index >= 15 is 0 Å². The van der Waals surface area contributed by atoms with Gasteiger partial charge in [-0.2, -0.15) is 0 Å². The minimum atomic E-state index is -0.0768. The number of carbonyl (C=O) groups excluding carboxylic acids is 1. The zero-order valence-electron chi connectivity index (χ0n) is 8.59. The molecule has 0 radical (unpaired) electrons. The summed E-state index contributed by atoms with van der Waals surface area (Å²) in [4.78, 5) is 11.4. The normalized spacial score (nSPS) is 13.3. The number of hydrogen-bond donors (Lipinski definition) is 0. The maximum Gasteiger partial charge on any atom is 0.171 e. The molecule has 1 aliphatic heterocycles. The summed E-state index contributed by atoms with van der Waals surface area (Å²) in [5.41, 5.74) is 1.40. The second kappa shape index (κ2) is 3.74. The lowest BCUT2D eigenvalue weighted by Crippen LogP contribution is -2.00. The van der Waals surface area contributed by atoms with E-state index in [0.717, 1.165) is 12.0 Å². The fraction of sp³-hybridized carbons (Fsp3) is 0.364. The minimum absolute atomic E-state index is 0.0768. The molecule has 1 aliphatic rings. The molecule has 0 atom stereocenters. The molecule has 1 heterocycles. The van der Waals surface area contributed by atoms with Crippen LogP contribution in [0.5, 0.6) is 11.5 Å². The molecule has 0 bridgehead atoms. The molecule has 15 heavy (non-hydrogen) atoms. The number of fused-ring (bicyclic) bond motifs is 1. The van der Waals surface area contributed by atoms with Crippen molar-refractivity contribution in [3.8, 4) is 11.5 Å². The Balaban J connectivity index is 2.68. The summed E-state index contributed by atoms with van der Waals surface area (Å²) < 4.78 is 10.6. The van der Waals surface area contributed by atoms with Crippen LogP contribution in [-0.2, 0) is 6.42 Å². The lowest BCUT2D eigenvalue weighted by molar-refractivity contribution is 0.101. The fourth-order valence-corrected chi connectivity index (χ4v) is 2.04. The Hall–Kier alpha value is -1.22. The first-order valence-electron chi connectivity index (χ1n) is 4.68. The molecule has 1 aromatic carbocycles. The number of halogens is 1. The van der Waals surface area contributed by atoms with Gasteiger partial charge in [0.15, 0.2) is 17.3 Å². The number of Topliss-reactive ketones (excluding diaryl/α,β-unsaturated/α-hetero) is 1. The molecule has 0 amide bonds.